The lowest BCUT2D eigenvalue weighted by molar-refractivity contribution is -0.115. The molecular formula is C38H43O7S-. The lowest BCUT2D eigenvalue weighted by Crippen LogP contribution is -2.34. The summed E-state index contributed by atoms with van der Waals surface area (Å²) in [6.45, 7) is 13.9. The molecule has 0 fully saturated rings. The van der Waals surface area contributed by atoms with Gasteiger partial charge in [0, 0.05) is 22.1 Å². The van der Waals surface area contributed by atoms with Crippen molar-refractivity contribution in [2.45, 2.75) is 86.0 Å². The second-order valence-electron chi connectivity index (χ2n) is 14.7. The van der Waals surface area contributed by atoms with E-state index in [2.05, 4.69) is 39.0 Å². The van der Waals surface area contributed by atoms with Crippen LogP contribution in [0, 0.1) is 10.8 Å². The number of carbonyl (C=O) groups excluding carboxylic acids is 1. The highest BCUT2D eigenvalue weighted by Crippen LogP contribution is 2.48. The molecule has 1 heterocycles. The number of ether oxygens (including phenoxy) is 1. The zero-order chi connectivity index (χ0) is 33.8. The van der Waals surface area contributed by atoms with E-state index in [1.165, 1.54) is 25.0 Å². The van der Waals surface area contributed by atoms with E-state index in [0.29, 0.717) is 34.6 Å². The lowest BCUT2D eigenvalue weighted by Gasteiger charge is -2.38. The van der Waals surface area contributed by atoms with Gasteiger partial charge in [0.15, 0.2) is 0 Å². The van der Waals surface area contributed by atoms with E-state index in [4.69, 9.17) is 4.74 Å². The second-order valence-corrected chi connectivity index (χ2v) is 16.1. The van der Waals surface area contributed by atoms with Gasteiger partial charge in [-0.05, 0) is 120 Å². The van der Waals surface area contributed by atoms with Gasteiger partial charge in [-0.15, -0.1) is 0 Å². The van der Waals surface area contributed by atoms with Crippen LogP contribution in [0.15, 0.2) is 48.5 Å². The number of carboxylic acids is 1. The summed E-state index contributed by atoms with van der Waals surface area (Å²) in [5.41, 5.74) is 5.50. The number of benzene rings is 3. The molecule has 46 heavy (non-hydrogen) atoms. The van der Waals surface area contributed by atoms with Gasteiger partial charge in [-0.1, -0.05) is 58.9 Å². The van der Waals surface area contributed by atoms with Gasteiger partial charge < -0.3 is 19.2 Å². The maximum atomic E-state index is 12.5. The Bertz CT molecular complexity index is 1960. The Morgan fingerprint density at radius 1 is 0.935 bits per heavy atom. The largest absolute Gasteiger partial charge is 0.748 e. The Hall–Kier alpha value is -3.75. The highest BCUT2D eigenvalue weighted by Gasteiger charge is 2.35. The minimum absolute atomic E-state index is 0.160. The van der Waals surface area contributed by atoms with Crippen molar-refractivity contribution in [1.82, 2.24) is 0 Å². The fraction of sp³-hybridized carbons (Fsp3) is 0.421. The molecule has 0 radical (unpaired) electrons. The lowest BCUT2D eigenvalue weighted by atomic mass is 9.67. The van der Waals surface area contributed by atoms with Gasteiger partial charge in [-0.2, -0.15) is 0 Å². The molecule has 1 N–H and O–H groups in total. The SMILES string of the molecule is CC(C)=O.CCC1CC(C)(C)Cc2cc3c(cc21)C(c1ccccc1C(=O)O)=c1cc2c(cc1O3)=CC(C)(C)CC2CS(=O)(=O)[O-]. The number of Topliss-reactive ketones (excluding diaryl/α,β-unsaturated/α-hetero) is 1. The molecule has 0 aromatic heterocycles. The standard InChI is InChI=1S/C35H38O6S.C3H6O/c1-6-20-15-34(2,3)16-21-11-30-28(13-26(20)21)32(24-9-7-8-10-25(24)33(36)37)29-14-27-22(12-31(29)41-30)17-35(4,5)18-23(27)19-42(38,39)40;1-3(2)4/h7-14,17,20,23H,6,15-16,18-19H2,1-5H3,(H,36,37)(H,38,39,40);1-2H3/p-1. The summed E-state index contributed by atoms with van der Waals surface area (Å²) in [4.78, 5) is 21.9. The fourth-order valence-corrected chi connectivity index (χ4v) is 8.40. The first-order valence-corrected chi connectivity index (χ1v) is 17.5. The number of fused-ring (bicyclic) bond motifs is 4. The molecule has 8 heteroatoms. The minimum Gasteiger partial charge on any atom is -0.748 e. The summed E-state index contributed by atoms with van der Waals surface area (Å²) in [6, 6.07) is 15.2. The highest BCUT2D eigenvalue weighted by atomic mass is 32.2. The third-order valence-electron chi connectivity index (χ3n) is 9.18. The molecule has 0 amide bonds. The van der Waals surface area contributed by atoms with E-state index in [-0.39, 0.29) is 22.2 Å². The zero-order valence-corrected chi connectivity index (χ0v) is 28.5. The van der Waals surface area contributed by atoms with E-state index < -0.39 is 27.8 Å². The van der Waals surface area contributed by atoms with Gasteiger partial charge in [0.2, 0.25) is 0 Å². The Balaban J connectivity index is 0.000000985. The van der Waals surface area contributed by atoms with Crippen molar-refractivity contribution in [3.63, 3.8) is 0 Å². The smallest absolute Gasteiger partial charge is 0.336 e. The van der Waals surface area contributed by atoms with Crippen molar-refractivity contribution in [1.29, 1.82) is 0 Å². The van der Waals surface area contributed by atoms with Crippen LogP contribution in [0.5, 0.6) is 11.5 Å². The predicted molar refractivity (Wildman–Crippen MR) is 179 cm³/mol. The summed E-state index contributed by atoms with van der Waals surface area (Å²) in [7, 11) is -4.48. The van der Waals surface area contributed by atoms with Crippen molar-refractivity contribution in [2.75, 3.05) is 5.75 Å². The third kappa shape index (κ3) is 6.98. The number of hydrogen-bond acceptors (Lipinski definition) is 6. The average Bonchev–Trinajstić information content (AvgIpc) is 2.91. The number of aromatic carboxylic acids is 1. The van der Waals surface area contributed by atoms with Crippen LogP contribution in [-0.2, 0) is 21.3 Å². The molecule has 6 rings (SSSR count). The molecule has 2 atom stereocenters. The van der Waals surface area contributed by atoms with Crippen LogP contribution in [0.25, 0.3) is 11.6 Å². The number of carbonyl (C=O) groups is 2. The molecule has 3 aliphatic rings. The van der Waals surface area contributed by atoms with Gasteiger partial charge in [0.25, 0.3) is 0 Å². The molecule has 3 aromatic rings. The van der Waals surface area contributed by atoms with Gasteiger partial charge in [-0.25, -0.2) is 13.2 Å². The van der Waals surface area contributed by atoms with E-state index in [0.717, 1.165) is 41.2 Å². The normalized spacial score (nSPS) is 20.3. The summed E-state index contributed by atoms with van der Waals surface area (Å²) in [6.07, 6.45) is 5.62. The molecule has 2 aliphatic carbocycles. The first-order chi connectivity index (χ1) is 21.4. The monoisotopic (exact) mass is 643 g/mol. The molecule has 2 unspecified atom stereocenters. The molecule has 7 nitrogen and oxygen atoms in total. The number of hydrogen-bond donors (Lipinski definition) is 1. The summed E-state index contributed by atoms with van der Waals surface area (Å²) >= 11 is 0. The van der Waals surface area contributed by atoms with Crippen molar-refractivity contribution in [2.24, 2.45) is 10.8 Å². The van der Waals surface area contributed by atoms with Crippen LogP contribution in [0.2, 0.25) is 0 Å². The minimum atomic E-state index is -4.48. The first-order valence-electron chi connectivity index (χ1n) is 15.9. The van der Waals surface area contributed by atoms with Crippen molar-refractivity contribution < 1.29 is 32.4 Å². The fourth-order valence-electron chi connectivity index (χ4n) is 7.61. The van der Waals surface area contributed by atoms with Crippen LogP contribution < -0.4 is 15.2 Å². The first kappa shape index (κ1) is 33.6. The van der Waals surface area contributed by atoms with E-state index in [9.17, 15) is 27.7 Å². The molecule has 1 aliphatic heterocycles. The maximum absolute atomic E-state index is 12.5. The van der Waals surface area contributed by atoms with Gasteiger partial charge >= 0.3 is 5.97 Å². The molecule has 0 spiro atoms. The molecule has 3 aromatic carbocycles. The number of ketones is 1. The highest BCUT2D eigenvalue weighted by molar-refractivity contribution is 7.85. The molecular weight excluding hydrogens is 600 g/mol. The van der Waals surface area contributed by atoms with E-state index in [1.54, 1.807) is 12.1 Å². The molecule has 244 valence electrons. The Kier molecular flexibility index (Phi) is 8.86. The third-order valence-corrected chi connectivity index (χ3v) is 9.99. The molecule has 0 saturated heterocycles. The van der Waals surface area contributed by atoms with Crippen molar-refractivity contribution in [3.8, 4) is 11.5 Å². The van der Waals surface area contributed by atoms with Crippen LogP contribution >= 0.6 is 0 Å². The van der Waals surface area contributed by atoms with Crippen LogP contribution in [0.4, 0.5) is 0 Å². The van der Waals surface area contributed by atoms with Crippen molar-refractivity contribution >= 4 is 33.5 Å². The number of rotatable bonds is 5. The van der Waals surface area contributed by atoms with Crippen molar-refractivity contribution in [3.05, 3.63) is 92.3 Å². The Morgan fingerprint density at radius 2 is 1.61 bits per heavy atom. The average molecular weight is 644 g/mol. The maximum Gasteiger partial charge on any atom is 0.336 e. The van der Waals surface area contributed by atoms with Crippen LogP contribution in [0.1, 0.15) is 118 Å². The second kappa shape index (κ2) is 12.1. The number of carboxylic acid groups (broad SMARTS) is 1. The van der Waals surface area contributed by atoms with Crippen LogP contribution in [-0.4, -0.2) is 35.6 Å². The molecule has 0 bridgehead atoms. The van der Waals surface area contributed by atoms with Crippen LogP contribution in [0.3, 0.4) is 0 Å². The Morgan fingerprint density at radius 3 is 2.24 bits per heavy atom. The predicted octanol–water partition coefficient (Wildman–Crippen LogP) is 6.64. The van der Waals surface area contributed by atoms with E-state index in [1.807, 2.05) is 38.1 Å². The zero-order valence-electron chi connectivity index (χ0n) is 27.7. The molecule has 0 saturated carbocycles. The summed E-state index contributed by atoms with van der Waals surface area (Å²) in [5, 5.41) is 11.7. The Labute approximate surface area is 271 Å². The quantitative estimate of drug-likeness (QED) is 0.242. The van der Waals surface area contributed by atoms with Gasteiger partial charge in [0.05, 0.1) is 15.7 Å². The summed E-state index contributed by atoms with van der Waals surface area (Å²) in [5.74, 6) is -0.175. The topological polar surface area (TPSA) is 121 Å². The summed E-state index contributed by atoms with van der Waals surface area (Å²) < 4.78 is 42.5. The van der Waals surface area contributed by atoms with Gasteiger partial charge in [-0.3, -0.25) is 0 Å². The van der Waals surface area contributed by atoms with Gasteiger partial charge in [0.1, 0.15) is 17.3 Å². The van der Waals surface area contributed by atoms with E-state index >= 15 is 0 Å².